The number of hydrogen-bond donors (Lipinski definition) is 2. The van der Waals surface area contributed by atoms with Gasteiger partial charge >= 0.3 is 0 Å². The predicted octanol–water partition coefficient (Wildman–Crippen LogP) is -0.0906. The summed E-state index contributed by atoms with van der Waals surface area (Å²) in [5.41, 5.74) is 0.809. The lowest BCUT2D eigenvalue weighted by atomic mass is 10.3. The van der Waals surface area contributed by atoms with Crippen LogP contribution >= 0.6 is 0 Å². The van der Waals surface area contributed by atoms with E-state index in [1.54, 1.807) is 4.68 Å². The van der Waals surface area contributed by atoms with Crippen LogP contribution < -0.4 is 10.2 Å². The average Bonchev–Trinajstić information content (AvgIpc) is 2.94. The topological polar surface area (TPSA) is 82.3 Å². The molecule has 0 unspecified atom stereocenters. The van der Waals surface area contributed by atoms with E-state index in [1.807, 2.05) is 13.2 Å². The molecule has 0 aliphatic carbocycles. The van der Waals surface area contributed by atoms with Gasteiger partial charge in [-0.2, -0.15) is 15.1 Å². The van der Waals surface area contributed by atoms with E-state index in [0.29, 0.717) is 12.5 Å². The third-order valence-electron chi connectivity index (χ3n) is 4.09. The van der Waals surface area contributed by atoms with Crippen molar-refractivity contribution >= 4 is 22.8 Å². The maximum atomic E-state index is 8.98. The maximum Gasteiger partial charge on any atom is 0.226 e. The minimum absolute atomic E-state index is 0.0529. The Morgan fingerprint density at radius 2 is 2.00 bits per heavy atom. The van der Waals surface area contributed by atoms with Crippen LogP contribution in [0.15, 0.2) is 6.20 Å². The number of piperazine rings is 1. The van der Waals surface area contributed by atoms with Crippen LogP contribution in [0.1, 0.15) is 6.92 Å². The molecule has 120 valence electrons. The van der Waals surface area contributed by atoms with Crippen molar-refractivity contribution < 1.29 is 5.11 Å². The predicted molar refractivity (Wildman–Crippen MR) is 86.2 cm³/mol. The van der Waals surface area contributed by atoms with Gasteiger partial charge in [0.15, 0.2) is 5.65 Å². The molecule has 8 heteroatoms. The molecule has 2 aromatic heterocycles. The molecule has 22 heavy (non-hydrogen) atoms. The highest BCUT2D eigenvalue weighted by atomic mass is 16.3. The normalized spacial score (nSPS) is 16.4. The first kappa shape index (κ1) is 15.0. The summed E-state index contributed by atoms with van der Waals surface area (Å²) in [7, 11) is 1.88. The molecule has 0 aromatic carbocycles. The molecule has 1 aliphatic heterocycles. The van der Waals surface area contributed by atoms with Crippen molar-refractivity contribution in [2.24, 2.45) is 7.05 Å². The van der Waals surface area contributed by atoms with E-state index in [2.05, 4.69) is 37.1 Å². The molecule has 1 saturated heterocycles. The fourth-order valence-corrected chi connectivity index (χ4v) is 2.77. The van der Waals surface area contributed by atoms with Crippen LogP contribution in [0.25, 0.3) is 11.0 Å². The first-order valence-corrected chi connectivity index (χ1v) is 7.74. The number of hydrogen-bond acceptors (Lipinski definition) is 7. The van der Waals surface area contributed by atoms with Gasteiger partial charge in [-0.1, -0.05) is 6.92 Å². The van der Waals surface area contributed by atoms with E-state index in [9.17, 15) is 0 Å². The molecule has 3 rings (SSSR count). The first-order chi connectivity index (χ1) is 10.7. The summed E-state index contributed by atoms with van der Waals surface area (Å²) < 4.78 is 1.76. The van der Waals surface area contributed by atoms with Gasteiger partial charge in [0, 0.05) is 39.8 Å². The Morgan fingerprint density at radius 3 is 2.68 bits per heavy atom. The fourth-order valence-electron chi connectivity index (χ4n) is 2.77. The molecule has 0 atom stereocenters. The Morgan fingerprint density at radius 1 is 1.23 bits per heavy atom. The number of fused-ring (bicyclic) bond motifs is 1. The van der Waals surface area contributed by atoms with Gasteiger partial charge in [-0.05, 0) is 6.54 Å². The van der Waals surface area contributed by atoms with Gasteiger partial charge in [0.1, 0.15) is 5.82 Å². The van der Waals surface area contributed by atoms with Gasteiger partial charge in [-0.15, -0.1) is 0 Å². The summed E-state index contributed by atoms with van der Waals surface area (Å²) in [6, 6.07) is 0. The van der Waals surface area contributed by atoms with E-state index >= 15 is 0 Å². The van der Waals surface area contributed by atoms with E-state index in [1.165, 1.54) is 0 Å². The highest BCUT2D eigenvalue weighted by molar-refractivity contribution is 5.88. The van der Waals surface area contributed by atoms with Gasteiger partial charge in [-0.3, -0.25) is 4.68 Å². The second kappa shape index (κ2) is 6.45. The fraction of sp³-hybridized carbons (Fsp3) is 0.643. The Labute approximate surface area is 129 Å². The van der Waals surface area contributed by atoms with Crippen LogP contribution in [0.3, 0.4) is 0 Å². The zero-order chi connectivity index (χ0) is 15.5. The first-order valence-electron chi connectivity index (χ1n) is 7.74. The van der Waals surface area contributed by atoms with Gasteiger partial charge in [0.2, 0.25) is 5.95 Å². The number of anilines is 2. The van der Waals surface area contributed by atoms with Crippen molar-refractivity contribution in [3.63, 3.8) is 0 Å². The summed E-state index contributed by atoms with van der Waals surface area (Å²) in [6.45, 7) is 7.76. The number of rotatable bonds is 5. The Kier molecular flexibility index (Phi) is 4.39. The second-order valence-electron chi connectivity index (χ2n) is 5.45. The average molecular weight is 305 g/mol. The molecule has 3 heterocycles. The number of aliphatic hydroxyl groups excluding tert-OH is 1. The van der Waals surface area contributed by atoms with Gasteiger partial charge in [0.05, 0.1) is 18.2 Å². The van der Waals surface area contributed by atoms with Crippen LogP contribution in [0.2, 0.25) is 0 Å². The lowest BCUT2D eigenvalue weighted by molar-refractivity contribution is 0.271. The lowest BCUT2D eigenvalue weighted by Crippen LogP contribution is -2.46. The number of aryl methyl sites for hydroxylation is 1. The van der Waals surface area contributed by atoms with Gasteiger partial charge in [0.25, 0.3) is 0 Å². The standard InChI is InChI=1S/C14H23N7O/c1-3-20-5-7-21(8-6-20)13-11-10-16-19(2)12(11)17-14(18-13)15-4-9-22/h10,22H,3-9H2,1-2H3,(H,15,17,18). The van der Waals surface area contributed by atoms with E-state index < -0.39 is 0 Å². The van der Waals surface area contributed by atoms with E-state index in [0.717, 1.165) is 49.6 Å². The summed E-state index contributed by atoms with van der Waals surface area (Å²) >= 11 is 0. The highest BCUT2D eigenvalue weighted by Crippen LogP contribution is 2.25. The van der Waals surface area contributed by atoms with Crippen molar-refractivity contribution in [2.75, 3.05) is 56.1 Å². The van der Waals surface area contributed by atoms with Crippen molar-refractivity contribution in [2.45, 2.75) is 6.92 Å². The zero-order valence-corrected chi connectivity index (χ0v) is 13.2. The van der Waals surface area contributed by atoms with Gasteiger partial charge in [-0.25, -0.2) is 0 Å². The van der Waals surface area contributed by atoms with Gasteiger partial charge < -0.3 is 20.2 Å². The lowest BCUT2D eigenvalue weighted by Gasteiger charge is -2.35. The molecule has 2 aromatic rings. The maximum absolute atomic E-state index is 8.98. The third-order valence-corrected chi connectivity index (χ3v) is 4.09. The molecule has 0 radical (unpaired) electrons. The number of aromatic nitrogens is 4. The highest BCUT2D eigenvalue weighted by Gasteiger charge is 2.21. The molecule has 1 aliphatic rings. The largest absolute Gasteiger partial charge is 0.395 e. The number of nitrogens with zero attached hydrogens (tertiary/aromatic N) is 6. The molecular formula is C14H23N7O. The number of nitrogens with one attached hydrogen (secondary N) is 1. The second-order valence-corrected chi connectivity index (χ2v) is 5.45. The van der Waals surface area contributed by atoms with E-state index in [-0.39, 0.29) is 6.61 Å². The molecule has 1 fully saturated rings. The Balaban J connectivity index is 1.93. The van der Waals surface area contributed by atoms with Crippen molar-refractivity contribution in [3.05, 3.63) is 6.20 Å². The molecule has 0 saturated carbocycles. The summed E-state index contributed by atoms with van der Waals surface area (Å²) in [6.07, 6.45) is 1.83. The number of aliphatic hydroxyl groups is 1. The molecule has 0 amide bonds. The summed E-state index contributed by atoms with van der Waals surface area (Å²) in [5.74, 6) is 1.47. The quantitative estimate of drug-likeness (QED) is 0.799. The van der Waals surface area contributed by atoms with Crippen LogP contribution in [0.4, 0.5) is 11.8 Å². The van der Waals surface area contributed by atoms with Crippen LogP contribution in [-0.2, 0) is 7.05 Å². The SMILES string of the molecule is CCN1CCN(c2nc(NCCO)nc3c2cnn3C)CC1. The summed E-state index contributed by atoms with van der Waals surface area (Å²) in [5, 5.41) is 17.3. The van der Waals surface area contributed by atoms with Crippen LogP contribution in [0, 0.1) is 0 Å². The third kappa shape index (κ3) is 2.84. The van der Waals surface area contributed by atoms with Crippen LogP contribution in [-0.4, -0.2) is 75.6 Å². The van der Waals surface area contributed by atoms with Crippen molar-refractivity contribution in [3.8, 4) is 0 Å². The van der Waals surface area contributed by atoms with Crippen molar-refractivity contribution in [1.82, 2.24) is 24.6 Å². The molecule has 0 bridgehead atoms. The molecular weight excluding hydrogens is 282 g/mol. The minimum Gasteiger partial charge on any atom is -0.395 e. The Bertz CT molecular complexity index is 633. The van der Waals surface area contributed by atoms with E-state index in [4.69, 9.17) is 5.11 Å². The van der Waals surface area contributed by atoms with Crippen molar-refractivity contribution in [1.29, 1.82) is 0 Å². The molecule has 8 nitrogen and oxygen atoms in total. The number of likely N-dealkylation sites (N-methyl/N-ethyl adjacent to an activating group) is 1. The smallest absolute Gasteiger partial charge is 0.226 e. The minimum atomic E-state index is 0.0529. The monoisotopic (exact) mass is 305 g/mol. The molecule has 0 spiro atoms. The van der Waals surface area contributed by atoms with Crippen LogP contribution in [0.5, 0.6) is 0 Å². The summed E-state index contributed by atoms with van der Waals surface area (Å²) in [4.78, 5) is 13.9. The zero-order valence-electron chi connectivity index (χ0n) is 13.2. The molecule has 2 N–H and O–H groups in total. The Hall–Kier alpha value is -1.93.